The fourth-order valence-electron chi connectivity index (χ4n) is 2.58. The van der Waals surface area contributed by atoms with Crippen molar-refractivity contribution < 1.29 is 4.79 Å². The summed E-state index contributed by atoms with van der Waals surface area (Å²) in [6.07, 6.45) is 3.22. The number of hydrogen-bond donors (Lipinski definition) is 1. The van der Waals surface area contributed by atoms with E-state index in [1.54, 1.807) is 0 Å². The Balaban J connectivity index is 2.31. The maximum atomic E-state index is 11.1. The molecule has 1 saturated heterocycles. The van der Waals surface area contributed by atoms with Crippen molar-refractivity contribution in [3.63, 3.8) is 0 Å². The average Bonchev–Trinajstić information content (AvgIpc) is 2.72. The molecule has 1 aliphatic heterocycles. The lowest BCUT2D eigenvalue weighted by atomic mass is 10.1. The number of likely N-dealkylation sites (N-methyl/N-ethyl adjacent to an activating group) is 1. The predicted octanol–water partition coefficient (Wildman–Crippen LogP) is 1.44. The van der Waals surface area contributed by atoms with Crippen molar-refractivity contribution in [2.75, 3.05) is 13.6 Å². The lowest BCUT2D eigenvalue weighted by Crippen LogP contribution is -2.49. The average molecular weight is 219 g/mol. The fourth-order valence-corrected chi connectivity index (χ4v) is 2.58. The van der Waals surface area contributed by atoms with Gasteiger partial charge in [-0.05, 0) is 17.7 Å². The molecule has 3 heteroatoms. The van der Waals surface area contributed by atoms with Crippen molar-refractivity contribution in [3.8, 4) is 0 Å². The molecule has 0 aromatic heterocycles. The Bertz CT molecular complexity index is 374. The topological polar surface area (TPSA) is 43.1 Å². The summed E-state index contributed by atoms with van der Waals surface area (Å²) in [6.45, 7) is 1.62. The number of benzene rings is 1. The molecular weight excluding hydrogens is 200 g/mol. The van der Waals surface area contributed by atoms with Crippen LogP contribution in [-0.4, -0.2) is 25.9 Å². The van der Waals surface area contributed by atoms with Gasteiger partial charge in [0.05, 0.1) is 13.6 Å². The van der Waals surface area contributed by atoms with Crippen molar-refractivity contribution in [2.45, 2.75) is 25.4 Å². The SMILES string of the molecule is C[N+]1(c2ccc(CN)cc2)CCCC1C=O. The van der Waals surface area contributed by atoms with Crippen molar-refractivity contribution in [1.82, 2.24) is 4.48 Å². The van der Waals surface area contributed by atoms with E-state index in [1.165, 1.54) is 5.69 Å². The monoisotopic (exact) mass is 219 g/mol. The number of nitrogens with zero attached hydrogens (tertiary/aromatic N) is 1. The Hall–Kier alpha value is -1.19. The van der Waals surface area contributed by atoms with Gasteiger partial charge >= 0.3 is 0 Å². The molecule has 1 heterocycles. The number of carbonyl (C=O) groups excluding carboxylic acids is 1. The zero-order valence-electron chi connectivity index (χ0n) is 9.73. The fraction of sp³-hybridized carbons (Fsp3) is 0.462. The molecule has 0 saturated carbocycles. The molecule has 2 atom stereocenters. The highest BCUT2D eigenvalue weighted by Crippen LogP contribution is 2.31. The van der Waals surface area contributed by atoms with Crippen LogP contribution in [0.5, 0.6) is 0 Å². The molecule has 2 unspecified atom stereocenters. The zero-order valence-corrected chi connectivity index (χ0v) is 9.73. The lowest BCUT2D eigenvalue weighted by molar-refractivity contribution is -0.111. The molecule has 1 aromatic carbocycles. The molecule has 0 spiro atoms. The third-order valence-corrected chi connectivity index (χ3v) is 3.77. The molecule has 0 radical (unpaired) electrons. The number of hydrogen-bond acceptors (Lipinski definition) is 2. The molecule has 0 aliphatic carbocycles. The van der Waals surface area contributed by atoms with E-state index < -0.39 is 0 Å². The third kappa shape index (κ3) is 1.77. The minimum atomic E-state index is 0.115. The number of quaternary nitrogens is 1. The Kier molecular flexibility index (Phi) is 3.08. The van der Waals surface area contributed by atoms with Gasteiger partial charge in [-0.25, -0.2) is 0 Å². The van der Waals surface area contributed by atoms with Crippen LogP contribution >= 0.6 is 0 Å². The second-order valence-corrected chi connectivity index (χ2v) is 4.71. The summed E-state index contributed by atoms with van der Waals surface area (Å²) in [5.41, 5.74) is 7.93. The first-order chi connectivity index (χ1) is 7.70. The van der Waals surface area contributed by atoms with Crippen LogP contribution in [0.15, 0.2) is 24.3 Å². The van der Waals surface area contributed by atoms with Crippen molar-refractivity contribution in [2.24, 2.45) is 5.73 Å². The standard InChI is InChI=1S/C13H19N2O/c1-15(8-2-3-13(15)10-16)12-6-4-11(9-14)5-7-12/h4-7,10,13H,2-3,8-9,14H2,1H3/q+1. The Morgan fingerprint density at radius 2 is 2.12 bits per heavy atom. The minimum absolute atomic E-state index is 0.115. The van der Waals surface area contributed by atoms with E-state index in [4.69, 9.17) is 5.73 Å². The summed E-state index contributed by atoms with van der Waals surface area (Å²) in [6, 6.07) is 8.43. The van der Waals surface area contributed by atoms with E-state index >= 15 is 0 Å². The van der Waals surface area contributed by atoms with Gasteiger partial charge in [0.1, 0.15) is 11.7 Å². The van der Waals surface area contributed by atoms with E-state index in [-0.39, 0.29) is 6.04 Å². The first kappa shape index (κ1) is 11.3. The molecule has 16 heavy (non-hydrogen) atoms. The summed E-state index contributed by atoms with van der Waals surface area (Å²) in [4.78, 5) is 11.1. The second kappa shape index (κ2) is 4.36. The van der Waals surface area contributed by atoms with E-state index in [9.17, 15) is 4.79 Å². The first-order valence-corrected chi connectivity index (χ1v) is 5.81. The molecule has 2 N–H and O–H groups in total. The van der Waals surface area contributed by atoms with Crippen molar-refractivity contribution in [3.05, 3.63) is 29.8 Å². The molecule has 1 fully saturated rings. The largest absolute Gasteiger partial charge is 0.326 e. The number of likely N-dealkylation sites (tertiary alicyclic amines) is 1. The summed E-state index contributed by atoms with van der Waals surface area (Å²) in [5, 5.41) is 0. The van der Waals surface area contributed by atoms with Crippen molar-refractivity contribution >= 4 is 12.0 Å². The van der Waals surface area contributed by atoms with E-state index in [1.807, 2.05) is 0 Å². The highest BCUT2D eigenvalue weighted by molar-refractivity contribution is 5.64. The number of aldehydes is 1. The van der Waals surface area contributed by atoms with Gasteiger partial charge in [0.15, 0.2) is 6.29 Å². The molecule has 2 rings (SSSR count). The number of carbonyl (C=O) groups is 1. The lowest BCUT2D eigenvalue weighted by Gasteiger charge is -2.33. The molecule has 1 aromatic rings. The van der Waals surface area contributed by atoms with Gasteiger partial charge in [0.2, 0.25) is 0 Å². The highest BCUT2D eigenvalue weighted by atomic mass is 16.1. The highest BCUT2D eigenvalue weighted by Gasteiger charge is 2.39. The molecule has 0 amide bonds. The first-order valence-electron chi connectivity index (χ1n) is 5.81. The Morgan fingerprint density at radius 1 is 1.44 bits per heavy atom. The van der Waals surface area contributed by atoms with Crippen LogP contribution < -0.4 is 10.2 Å². The van der Waals surface area contributed by atoms with Crippen LogP contribution in [0, 0.1) is 0 Å². The van der Waals surface area contributed by atoms with Gasteiger partial charge in [-0.3, -0.25) is 9.28 Å². The quantitative estimate of drug-likeness (QED) is 0.617. The summed E-state index contributed by atoms with van der Waals surface area (Å²) in [5.74, 6) is 0. The van der Waals surface area contributed by atoms with Crippen LogP contribution in [0.1, 0.15) is 18.4 Å². The summed E-state index contributed by atoms with van der Waals surface area (Å²) < 4.78 is 0.744. The van der Waals surface area contributed by atoms with Gasteiger partial charge in [0.25, 0.3) is 0 Å². The van der Waals surface area contributed by atoms with E-state index in [2.05, 4.69) is 31.3 Å². The molecule has 86 valence electrons. The van der Waals surface area contributed by atoms with Gasteiger partial charge in [0, 0.05) is 19.4 Å². The van der Waals surface area contributed by atoms with Gasteiger partial charge in [-0.15, -0.1) is 0 Å². The molecule has 3 nitrogen and oxygen atoms in total. The molecular formula is C13H19N2O+. The van der Waals surface area contributed by atoms with Crippen LogP contribution in [0.2, 0.25) is 0 Å². The second-order valence-electron chi connectivity index (χ2n) is 4.71. The van der Waals surface area contributed by atoms with E-state index in [0.29, 0.717) is 6.54 Å². The number of nitrogens with two attached hydrogens (primary N) is 1. The normalized spacial score (nSPS) is 29.2. The van der Waals surface area contributed by atoms with Crippen molar-refractivity contribution in [1.29, 1.82) is 0 Å². The minimum Gasteiger partial charge on any atom is -0.326 e. The van der Waals surface area contributed by atoms with E-state index in [0.717, 1.165) is 35.7 Å². The van der Waals surface area contributed by atoms with Crippen LogP contribution in [0.3, 0.4) is 0 Å². The molecule has 0 bridgehead atoms. The van der Waals surface area contributed by atoms with Crippen LogP contribution in [0.4, 0.5) is 5.69 Å². The maximum Gasteiger partial charge on any atom is 0.177 e. The van der Waals surface area contributed by atoms with Gasteiger partial charge < -0.3 is 5.73 Å². The van der Waals surface area contributed by atoms with Crippen LogP contribution in [-0.2, 0) is 11.3 Å². The smallest absolute Gasteiger partial charge is 0.177 e. The summed E-state index contributed by atoms with van der Waals surface area (Å²) in [7, 11) is 2.14. The Morgan fingerprint density at radius 3 is 2.69 bits per heavy atom. The van der Waals surface area contributed by atoms with Crippen LogP contribution in [0.25, 0.3) is 0 Å². The summed E-state index contributed by atoms with van der Waals surface area (Å²) >= 11 is 0. The molecule has 1 aliphatic rings. The maximum absolute atomic E-state index is 11.1. The van der Waals surface area contributed by atoms with Gasteiger partial charge in [-0.1, -0.05) is 12.1 Å². The third-order valence-electron chi connectivity index (χ3n) is 3.77. The Labute approximate surface area is 96.5 Å². The predicted molar refractivity (Wildman–Crippen MR) is 66.0 cm³/mol. The zero-order chi connectivity index (χ0) is 11.6. The number of rotatable bonds is 3. The van der Waals surface area contributed by atoms with Gasteiger partial charge in [-0.2, -0.15) is 0 Å².